The van der Waals surface area contributed by atoms with Crippen molar-refractivity contribution < 1.29 is 0 Å². The Morgan fingerprint density at radius 1 is 0.633 bits per heavy atom. The van der Waals surface area contributed by atoms with Gasteiger partial charge in [-0.3, -0.25) is 0 Å². The van der Waals surface area contributed by atoms with Gasteiger partial charge in [-0.2, -0.15) is 0 Å². The van der Waals surface area contributed by atoms with Crippen LogP contribution >= 0.6 is 22.7 Å². The van der Waals surface area contributed by atoms with Crippen molar-refractivity contribution >= 4 is 83.2 Å². The summed E-state index contributed by atoms with van der Waals surface area (Å²) in [7, 11) is -1.37. The summed E-state index contributed by atoms with van der Waals surface area (Å²) in [6.07, 6.45) is 0. The molecule has 0 spiro atoms. The van der Waals surface area contributed by atoms with E-state index in [0.717, 1.165) is 0 Å². The Labute approximate surface area is 184 Å². The third kappa shape index (κ3) is 2.95. The lowest BCUT2D eigenvalue weighted by Crippen LogP contribution is -2.16. The Bertz CT molecular complexity index is 1680. The van der Waals surface area contributed by atoms with Gasteiger partial charge in [-0.15, -0.1) is 28.2 Å². The van der Waals surface area contributed by atoms with Crippen molar-refractivity contribution in [1.29, 1.82) is 0 Å². The summed E-state index contributed by atoms with van der Waals surface area (Å²) in [4.78, 5) is 1.18. The second-order valence-corrected chi connectivity index (χ2v) is 15.8. The maximum absolute atomic E-state index is 3.50. The molecular formula is C27H20S2Si. The van der Waals surface area contributed by atoms with Crippen molar-refractivity contribution in [3.8, 4) is 11.5 Å². The molecule has 3 heteroatoms. The Balaban J connectivity index is 1.62. The van der Waals surface area contributed by atoms with Crippen molar-refractivity contribution in [1.82, 2.24) is 0 Å². The first-order valence-electron chi connectivity index (χ1n) is 10.2. The topological polar surface area (TPSA) is 0 Å². The molecule has 0 amide bonds. The summed E-state index contributed by atoms with van der Waals surface area (Å²) in [6, 6.07) is 23.0. The fourth-order valence-electron chi connectivity index (χ4n) is 4.18. The molecule has 0 aliphatic carbocycles. The summed E-state index contributed by atoms with van der Waals surface area (Å²) < 4.78 is 2.68. The highest BCUT2D eigenvalue weighted by molar-refractivity contribution is 7.19. The van der Waals surface area contributed by atoms with Gasteiger partial charge in [0, 0.05) is 9.40 Å². The minimum Gasteiger partial charge on any atom is -0.144 e. The molecule has 0 saturated carbocycles. The zero-order chi connectivity index (χ0) is 20.5. The molecule has 0 unspecified atom stereocenters. The molecule has 0 bridgehead atoms. The second kappa shape index (κ2) is 6.43. The minimum atomic E-state index is -1.37. The van der Waals surface area contributed by atoms with Crippen LogP contribution in [0.15, 0.2) is 66.0 Å². The molecule has 4 aromatic carbocycles. The molecule has 6 rings (SSSR count). The van der Waals surface area contributed by atoms with Crippen LogP contribution in [0.4, 0.5) is 0 Å². The van der Waals surface area contributed by atoms with Gasteiger partial charge in [-0.05, 0) is 84.9 Å². The molecule has 144 valence electrons. The molecule has 0 radical (unpaired) electrons. The lowest BCUT2D eigenvalue weighted by Gasteiger charge is -2.08. The quantitative estimate of drug-likeness (QED) is 0.127. The summed E-state index contributed by atoms with van der Waals surface area (Å²) in [5, 5.41) is 12.8. The van der Waals surface area contributed by atoms with Crippen LogP contribution in [0.3, 0.4) is 0 Å². The zero-order valence-electron chi connectivity index (χ0n) is 17.2. The van der Waals surface area contributed by atoms with Crippen molar-refractivity contribution in [3.63, 3.8) is 0 Å². The summed E-state index contributed by atoms with van der Waals surface area (Å²) in [6.45, 7) is 6.88. The van der Waals surface area contributed by atoms with E-state index >= 15 is 0 Å². The summed E-state index contributed by atoms with van der Waals surface area (Å²) in [5.41, 5.74) is 3.50. The van der Waals surface area contributed by atoms with Gasteiger partial charge < -0.3 is 0 Å². The van der Waals surface area contributed by atoms with Gasteiger partial charge in [0.25, 0.3) is 0 Å². The second-order valence-electron chi connectivity index (χ2n) is 8.98. The number of rotatable bonds is 0. The van der Waals surface area contributed by atoms with Gasteiger partial charge >= 0.3 is 0 Å². The summed E-state index contributed by atoms with van der Waals surface area (Å²) in [5.74, 6) is 3.44. The largest absolute Gasteiger partial charge is 0.144 e. The van der Waals surface area contributed by atoms with E-state index in [1.165, 1.54) is 57.4 Å². The molecule has 0 nitrogen and oxygen atoms in total. The van der Waals surface area contributed by atoms with Crippen LogP contribution in [0.25, 0.3) is 52.5 Å². The maximum atomic E-state index is 3.50. The monoisotopic (exact) mass is 436 g/mol. The molecule has 0 fully saturated rings. The normalized spacial score (nSPS) is 12.2. The number of benzene rings is 4. The van der Waals surface area contributed by atoms with Crippen molar-refractivity contribution in [3.05, 3.63) is 70.9 Å². The van der Waals surface area contributed by atoms with Crippen LogP contribution in [0, 0.1) is 11.5 Å². The number of thiophene rings is 2. The van der Waals surface area contributed by atoms with E-state index in [1.807, 2.05) is 22.7 Å². The Hall–Kier alpha value is -2.64. The number of fused-ring (bicyclic) bond motifs is 7. The van der Waals surface area contributed by atoms with Gasteiger partial charge in [0.2, 0.25) is 0 Å². The predicted molar refractivity (Wildman–Crippen MR) is 140 cm³/mol. The zero-order valence-corrected chi connectivity index (χ0v) is 19.8. The Kier molecular flexibility index (Phi) is 3.89. The van der Waals surface area contributed by atoms with E-state index in [2.05, 4.69) is 97.1 Å². The van der Waals surface area contributed by atoms with Crippen LogP contribution in [0.5, 0.6) is 0 Å². The third-order valence-corrected chi connectivity index (χ3v) is 8.37. The van der Waals surface area contributed by atoms with Crippen LogP contribution in [0.2, 0.25) is 19.6 Å². The van der Waals surface area contributed by atoms with Crippen LogP contribution in [-0.4, -0.2) is 8.07 Å². The third-order valence-electron chi connectivity index (χ3n) is 5.60. The first-order chi connectivity index (χ1) is 14.4. The fourth-order valence-corrected chi connectivity index (χ4v) is 6.54. The lowest BCUT2D eigenvalue weighted by atomic mass is 9.96. The van der Waals surface area contributed by atoms with Crippen molar-refractivity contribution in [2.75, 3.05) is 0 Å². The van der Waals surface area contributed by atoms with E-state index in [0.29, 0.717) is 0 Å². The molecule has 0 N–H and O–H groups in total. The molecule has 6 aromatic rings. The van der Waals surface area contributed by atoms with Gasteiger partial charge in [-0.25, -0.2) is 0 Å². The SMILES string of the molecule is C[Si](C)(C)C#Cc1cc2cc3c(ccc4c5cc6ccsc6cc5ccc34)cc2s1. The standard InChI is InChI=1S/C27H20S2Si/c1-30(2,3)11-9-21-12-20-14-25-18(16-27(20)29-21)5-7-22-23(25)6-4-17-15-26-19(8-10-28-26)13-24(17)22/h4-8,10,12-16H,1-3H3. The number of hydrogen-bond donors (Lipinski definition) is 0. The molecule has 0 saturated heterocycles. The first-order valence-corrected chi connectivity index (χ1v) is 15.4. The van der Waals surface area contributed by atoms with E-state index in [4.69, 9.17) is 0 Å². The van der Waals surface area contributed by atoms with Crippen LogP contribution in [0.1, 0.15) is 4.88 Å². The first kappa shape index (κ1) is 18.2. The van der Waals surface area contributed by atoms with Crippen LogP contribution < -0.4 is 0 Å². The highest BCUT2D eigenvalue weighted by Gasteiger charge is 2.10. The predicted octanol–water partition coefficient (Wildman–Crippen LogP) is 8.80. The van der Waals surface area contributed by atoms with Crippen molar-refractivity contribution in [2.24, 2.45) is 0 Å². The van der Waals surface area contributed by atoms with Gasteiger partial charge in [0.05, 0.1) is 4.88 Å². The average molecular weight is 437 g/mol. The average Bonchev–Trinajstić information content (AvgIpc) is 3.33. The molecule has 30 heavy (non-hydrogen) atoms. The highest BCUT2D eigenvalue weighted by atomic mass is 32.1. The molecule has 0 atom stereocenters. The molecule has 2 heterocycles. The Morgan fingerprint density at radius 2 is 1.30 bits per heavy atom. The fraction of sp³-hybridized carbons (Fsp3) is 0.111. The summed E-state index contributed by atoms with van der Waals surface area (Å²) >= 11 is 3.62. The molecule has 0 aliphatic heterocycles. The lowest BCUT2D eigenvalue weighted by molar-refractivity contribution is 1.81. The smallest absolute Gasteiger partial charge is 0.129 e. The van der Waals surface area contributed by atoms with Gasteiger partial charge in [0.15, 0.2) is 0 Å². The number of hydrogen-bond acceptors (Lipinski definition) is 2. The van der Waals surface area contributed by atoms with Gasteiger partial charge in [0.1, 0.15) is 8.07 Å². The highest BCUT2D eigenvalue weighted by Crippen LogP contribution is 2.37. The van der Waals surface area contributed by atoms with E-state index in [9.17, 15) is 0 Å². The molecular weight excluding hydrogens is 417 g/mol. The minimum absolute atomic E-state index is 1.18. The maximum Gasteiger partial charge on any atom is 0.129 e. The van der Waals surface area contributed by atoms with Crippen molar-refractivity contribution in [2.45, 2.75) is 19.6 Å². The molecule has 2 aromatic heterocycles. The molecule has 0 aliphatic rings. The van der Waals surface area contributed by atoms with E-state index < -0.39 is 8.07 Å². The van der Waals surface area contributed by atoms with Gasteiger partial charge in [-0.1, -0.05) is 49.8 Å². The van der Waals surface area contributed by atoms with Crippen LogP contribution in [-0.2, 0) is 0 Å². The Morgan fingerprint density at radius 3 is 2.00 bits per heavy atom. The van der Waals surface area contributed by atoms with E-state index in [1.54, 1.807) is 0 Å². The van der Waals surface area contributed by atoms with E-state index in [-0.39, 0.29) is 0 Å².